The monoisotopic (exact) mass is 883 g/mol. The molecule has 0 N–H and O–H groups in total. The molecule has 5 aliphatic carbocycles. The second kappa shape index (κ2) is 14.2. The van der Waals surface area contributed by atoms with Crippen molar-refractivity contribution in [2.75, 3.05) is 4.90 Å². The molecule has 1 aromatic heterocycles. The molecule has 328 valence electrons. The number of fused-ring (bicyclic) bond motifs is 8. The topological polar surface area (TPSA) is 3.24 Å². The van der Waals surface area contributed by atoms with Gasteiger partial charge in [0.25, 0.3) is 0 Å². The van der Waals surface area contributed by atoms with Crippen LogP contribution in [0.25, 0.3) is 53.6 Å². The van der Waals surface area contributed by atoms with Crippen molar-refractivity contribution < 1.29 is 0 Å². The Bertz CT molecular complexity index is 3480. The molecule has 9 aromatic rings. The zero-order chi connectivity index (χ0) is 45.0. The van der Waals surface area contributed by atoms with Crippen molar-refractivity contribution in [3.8, 4) is 33.4 Å². The van der Waals surface area contributed by atoms with Gasteiger partial charge in [-0.1, -0.05) is 162 Å². The molecular formula is C65H57NS. The van der Waals surface area contributed by atoms with Crippen molar-refractivity contribution in [2.45, 2.75) is 82.5 Å². The van der Waals surface area contributed by atoms with Crippen molar-refractivity contribution in [3.05, 3.63) is 209 Å². The Morgan fingerprint density at radius 3 is 1.82 bits per heavy atom. The third-order valence-corrected chi connectivity index (χ3v) is 19.3. The summed E-state index contributed by atoms with van der Waals surface area (Å²) in [5, 5.41) is 2.69. The summed E-state index contributed by atoms with van der Waals surface area (Å²) in [5.41, 5.74) is 20.6. The molecule has 5 aliphatic rings. The summed E-state index contributed by atoms with van der Waals surface area (Å²) < 4.78 is 2.67. The molecule has 67 heavy (non-hydrogen) atoms. The SMILES string of the molecule is CC1C[C@@H]2CC3C[C@H](C1)C21c2cc(N(c4ccc(-c5ccccc5-c5cccc6sc7ccccc7c56)cc4)c4ccc5c(c4)C(C)(C)c4ccccc4-5)ccc2C(C)(C)c2ccccc2C31. The first-order valence-corrected chi connectivity index (χ1v) is 25.8. The lowest BCUT2D eigenvalue weighted by molar-refractivity contribution is 0.0822. The van der Waals surface area contributed by atoms with E-state index in [-0.39, 0.29) is 16.2 Å². The molecule has 1 nitrogen and oxygen atoms in total. The molecule has 1 heterocycles. The third-order valence-electron chi connectivity index (χ3n) is 18.1. The van der Waals surface area contributed by atoms with Crippen molar-refractivity contribution in [3.63, 3.8) is 0 Å². The summed E-state index contributed by atoms with van der Waals surface area (Å²) in [6.45, 7) is 12.4. The normalized spacial score (nSPS) is 24.4. The highest BCUT2D eigenvalue weighted by molar-refractivity contribution is 7.25. The van der Waals surface area contributed by atoms with E-state index in [0.717, 1.165) is 11.8 Å². The van der Waals surface area contributed by atoms with Crippen LogP contribution in [0, 0.1) is 23.7 Å². The number of hydrogen-bond acceptors (Lipinski definition) is 2. The Hall–Kier alpha value is -6.22. The predicted molar refractivity (Wildman–Crippen MR) is 284 cm³/mol. The average Bonchev–Trinajstić information content (AvgIpc) is 4.05. The standard InChI is InChI=1S/C65H57NS/c1-39-33-42-35-41-36-43(34-39)65(42)58-38-46(30-32-56(58)63(2,3)55-22-12-9-18-52(55)62(41)65)66(45-29-31-50-49-17-8-11-21-54(49)64(4,5)57(50)37-45)44-27-25-40(26-28-44)47-15-6-7-16-48(47)51-20-14-24-60-61(51)53-19-10-13-23-59(53)67-60/h6-32,37-39,41-43,62H,33-36H2,1-5H3/t39?,41?,42-,43+,62?,65?. The van der Waals surface area contributed by atoms with Crippen LogP contribution in [-0.4, -0.2) is 0 Å². The maximum atomic E-state index is 2.72. The molecule has 0 aliphatic heterocycles. The van der Waals surface area contributed by atoms with Gasteiger partial charge in [0.1, 0.15) is 0 Å². The van der Waals surface area contributed by atoms with Gasteiger partial charge in [-0.2, -0.15) is 0 Å². The molecule has 1 spiro atoms. The van der Waals surface area contributed by atoms with Crippen LogP contribution in [0.3, 0.4) is 0 Å². The molecule has 2 heteroatoms. The van der Waals surface area contributed by atoms with E-state index in [1.54, 1.807) is 22.3 Å². The van der Waals surface area contributed by atoms with Gasteiger partial charge in [0.05, 0.1) is 0 Å². The first kappa shape index (κ1) is 39.9. The number of nitrogens with zero attached hydrogens (tertiary/aromatic N) is 1. The second-order valence-electron chi connectivity index (χ2n) is 22.2. The van der Waals surface area contributed by atoms with Crippen LogP contribution in [0.2, 0.25) is 0 Å². The molecular weight excluding hydrogens is 827 g/mol. The van der Waals surface area contributed by atoms with Crippen LogP contribution in [-0.2, 0) is 16.2 Å². The fourth-order valence-electron chi connectivity index (χ4n) is 15.6. The number of thiophene rings is 1. The Morgan fingerprint density at radius 2 is 1.03 bits per heavy atom. The van der Waals surface area contributed by atoms with Crippen molar-refractivity contribution >= 4 is 48.6 Å². The van der Waals surface area contributed by atoms with E-state index in [4.69, 9.17) is 0 Å². The first-order chi connectivity index (χ1) is 32.6. The second-order valence-corrected chi connectivity index (χ2v) is 23.2. The van der Waals surface area contributed by atoms with E-state index in [0.29, 0.717) is 17.8 Å². The summed E-state index contributed by atoms with van der Waals surface area (Å²) in [5.74, 6) is 3.55. The van der Waals surface area contributed by atoms with Gasteiger partial charge in [-0.3, -0.25) is 0 Å². The fourth-order valence-corrected chi connectivity index (χ4v) is 16.7. The summed E-state index contributed by atoms with van der Waals surface area (Å²) >= 11 is 1.89. The molecule has 8 aromatic carbocycles. The summed E-state index contributed by atoms with van der Waals surface area (Å²) in [7, 11) is 0. The zero-order valence-corrected chi connectivity index (χ0v) is 40.1. The van der Waals surface area contributed by atoms with Gasteiger partial charge in [0.15, 0.2) is 0 Å². The maximum absolute atomic E-state index is 2.72. The highest BCUT2D eigenvalue weighted by Crippen LogP contribution is 2.75. The van der Waals surface area contributed by atoms with Crippen LogP contribution in [0.1, 0.15) is 99.6 Å². The van der Waals surface area contributed by atoms with E-state index in [1.165, 1.54) is 107 Å². The quantitative estimate of drug-likeness (QED) is 0.166. The predicted octanol–water partition coefficient (Wildman–Crippen LogP) is 17.9. The first-order valence-electron chi connectivity index (χ1n) is 25.0. The Labute approximate surface area is 400 Å². The lowest BCUT2D eigenvalue weighted by Gasteiger charge is -2.51. The lowest BCUT2D eigenvalue weighted by Crippen LogP contribution is -2.46. The smallest absolute Gasteiger partial charge is 0.0465 e. The van der Waals surface area contributed by atoms with Crippen LogP contribution in [0.15, 0.2) is 176 Å². The Balaban J connectivity index is 0.958. The summed E-state index contributed by atoms with van der Waals surface area (Å²) in [4.78, 5) is 2.60. The summed E-state index contributed by atoms with van der Waals surface area (Å²) in [6.07, 6.45) is 5.43. The Morgan fingerprint density at radius 1 is 0.448 bits per heavy atom. The van der Waals surface area contributed by atoms with Gasteiger partial charge in [-0.15, -0.1) is 11.3 Å². The molecule has 4 unspecified atom stereocenters. The number of benzene rings is 8. The Kier molecular flexibility index (Phi) is 8.43. The van der Waals surface area contributed by atoms with Crippen molar-refractivity contribution in [1.82, 2.24) is 0 Å². The minimum atomic E-state index is -0.107. The van der Waals surface area contributed by atoms with Crippen molar-refractivity contribution in [1.29, 1.82) is 0 Å². The van der Waals surface area contributed by atoms with Crippen molar-refractivity contribution in [2.24, 2.45) is 23.7 Å². The van der Waals surface area contributed by atoms with Crippen LogP contribution < -0.4 is 4.90 Å². The van der Waals surface area contributed by atoms with E-state index in [1.807, 2.05) is 11.3 Å². The third kappa shape index (κ3) is 5.43. The van der Waals surface area contributed by atoms with Gasteiger partial charge < -0.3 is 4.90 Å². The molecule has 6 atom stereocenters. The van der Waals surface area contributed by atoms with E-state index >= 15 is 0 Å². The minimum absolute atomic E-state index is 0.105. The van der Waals surface area contributed by atoms with E-state index in [2.05, 4.69) is 215 Å². The van der Waals surface area contributed by atoms with Crippen LogP contribution >= 0.6 is 11.3 Å². The van der Waals surface area contributed by atoms with E-state index in [9.17, 15) is 0 Å². The average molecular weight is 884 g/mol. The van der Waals surface area contributed by atoms with Gasteiger partial charge in [-0.25, -0.2) is 0 Å². The molecule has 14 rings (SSSR count). The van der Waals surface area contributed by atoms with Gasteiger partial charge in [0, 0.05) is 53.5 Å². The molecule has 2 bridgehead atoms. The summed E-state index contributed by atoms with van der Waals surface area (Å²) in [6, 6.07) is 68.1. The largest absolute Gasteiger partial charge is 0.310 e. The molecule has 3 fully saturated rings. The minimum Gasteiger partial charge on any atom is -0.310 e. The molecule has 0 radical (unpaired) electrons. The van der Waals surface area contributed by atoms with Gasteiger partial charge in [-0.05, 0) is 171 Å². The van der Waals surface area contributed by atoms with E-state index < -0.39 is 0 Å². The molecule has 3 saturated carbocycles. The number of hydrogen-bond donors (Lipinski definition) is 0. The molecule has 0 amide bonds. The molecule has 0 saturated heterocycles. The van der Waals surface area contributed by atoms with Gasteiger partial charge >= 0.3 is 0 Å². The highest BCUT2D eigenvalue weighted by Gasteiger charge is 2.68. The highest BCUT2D eigenvalue weighted by atomic mass is 32.1. The van der Waals surface area contributed by atoms with Crippen LogP contribution in [0.4, 0.5) is 17.1 Å². The number of anilines is 3. The van der Waals surface area contributed by atoms with Gasteiger partial charge in [0.2, 0.25) is 0 Å². The fraction of sp³-hybridized carbons (Fsp3) is 0.262. The zero-order valence-electron chi connectivity index (χ0n) is 39.3. The van der Waals surface area contributed by atoms with Crippen LogP contribution in [0.5, 0.6) is 0 Å². The number of rotatable bonds is 5. The lowest BCUT2D eigenvalue weighted by atomic mass is 9.53. The maximum Gasteiger partial charge on any atom is 0.0465 e.